The van der Waals surface area contributed by atoms with Crippen molar-refractivity contribution in [2.75, 3.05) is 13.1 Å². The number of benzene rings is 3. The van der Waals surface area contributed by atoms with Gasteiger partial charge in [0.2, 0.25) is 5.91 Å². The standard InChI is InChI=1S/C30H28N2O9/c33-18-5-8-21-24(15-18)41-25-16-19(34)6-9-22(25)28(21)20-7-4-17(14-23(20)30(39)40)29(38)32-13-3-1-2-12-31-26(35)10-11-27(36)37/h4-9,14-16,33H,1-3,10-13H2,(H,31,35)(H,32,38)(H,36,37)(H,39,40). The Hall–Kier alpha value is -5.19. The van der Waals surface area contributed by atoms with Crippen LogP contribution in [0.4, 0.5) is 0 Å². The fourth-order valence-corrected chi connectivity index (χ4v) is 4.50. The molecule has 0 atom stereocenters. The number of phenolic OH excluding ortho intramolecular Hbond substituents is 1. The highest BCUT2D eigenvalue weighted by Crippen LogP contribution is 2.42. The van der Waals surface area contributed by atoms with Crippen molar-refractivity contribution in [1.82, 2.24) is 10.6 Å². The summed E-state index contributed by atoms with van der Waals surface area (Å²) in [6, 6.07) is 13.0. The van der Waals surface area contributed by atoms with E-state index in [0.29, 0.717) is 54.4 Å². The van der Waals surface area contributed by atoms with Crippen LogP contribution in [-0.4, -0.2) is 52.2 Å². The van der Waals surface area contributed by atoms with Crippen LogP contribution < -0.4 is 16.1 Å². The molecule has 2 aliphatic rings. The molecule has 0 fully saturated rings. The van der Waals surface area contributed by atoms with Gasteiger partial charge in [0.1, 0.15) is 17.1 Å². The first-order valence-corrected chi connectivity index (χ1v) is 13.0. The molecule has 11 nitrogen and oxygen atoms in total. The Morgan fingerprint density at radius 1 is 0.780 bits per heavy atom. The van der Waals surface area contributed by atoms with Crippen molar-refractivity contribution < 1.29 is 38.9 Å². The van der Waals surface area contributed by atoms with Gasteiger partial charge in [-0.15, -0.1) is 0 Å². The molecule has 0 saturated carbocycles. The van der Waals surface area contributed by atoms with Gasteiger partial charge >= 0.3 is 11.9 Å². The fraction of sp³-hybridized carbons (Fsp3) is 0.233. The topological polar surface area (TPSA) is 183 Å². The van der Waals surface area contributed by atoms with Crippen molar-refractivity contribution in [2.45, 2.75) is 32.1 Å². The van der Waals surface area contributed by atoms with Crippen LogP contribution in [0.3, 0.4) is 0 Å². The number of aromatic carboxylic acids is 1. The van der Waals surface area contributed by atoms with Crippen LogP contribution in [0.1, 0.15) is 52.8 Å². The number of carbonyl (C=O) groups excluding carboxylic acids is 2. The van der Waals surface area contributed by atoms with Gasteiger partial charge in [0, 0.05) is 53.7 Å². The van der Waals surface area contributed by atoms with E-state index in [9.17, 15) is 34.2 Å². The smallest absolute Gasteiger partial charge is 0.336 e. The molecule has 1 aliphatic heterocycles. The first-order valence-electron chi connectivity index (χ1n) is 13.0. The molecule has 0 unspecified atom stereocenters. The van der Waals surface area contributed by atoms with Gasteiger partial charge < -0.3 is 30.4 Å². The minimum Gasteiger partial charge on any atom is -0.508 e. The number of phenols is 1. The van der Waals surface area contributed by atoms with Crippen LogP contribution in [0.15, 0.2) is 63.8 Å². The maximum absolute atomic E-state index is 12.8. The third-order valence-electron chi connectivity index (χ3n) is 6.49. The van der Waals surface area contributed by atoms with Crippen LogP contribution in [0.2, 0.25) is 0 Å². The first kappa shape index (κ1) is 28.8. The Bertz CT molecular complexity index is 1660. The molecule has 0 radical (unpaired) electrons. The van der Waals surface area contributed by atoms with Gasteiger partial charge in [-0.05, 0) is 61.2 Å². The average molecular weight is 561 g/mol. The Balaban J connectivity index is 1.48. The van der Waals surface area contributed by atoms with Crippen molar-refractivity contribution in [3.63, 3.8) is 0 Å². The maximum Gasteiger partial charge on any atom is 0.336 e. The van der Waals surface area contributed by atoms with Crippen LogP contribution in [-0.2, 0) is 9.59 Å². The number of carboxylic acids is 2. The Labute approximate surface area is 233 Å². The fourth-order valence-electron chi connectivity index (χ4n) is 4.50. The number of hydrogen-bond donors (Lipinski definition) is 5. The molecule has 2 amide bonds. The van der Waals surface area contributed by atoms with E-state index in [1.54, 1.807) is 12.1 Å². The van der Waals surface area contributed by atoms with Gasteiger partial charge in [0.15, 0.2) is 5.43 Å². The quantitative estimate of drug-likeness (QED) is 0.127. The molecule has 0 saturated heterocycles. The van der Waals surface area contributed by atoms with Crippen molar-refractivity contribution in [2.24, 2.45) is 0 Å². The van der Waals surface area contributed by atoms with Gasteiger partial charge in [0.05, 0.1) is 12.0 Å². The maximum atomic E-state index is 12.8. The van der Waals surface area contributed by atoms with E-state index in [2.05, 4.69) is 10.6 Å². The molecule has 5 N–H and O–H groups in total. The number of aromatic hydroxyl groups is 1. The second-order valence-corrected chi connectivity index (χ2v) is 9.44. The van der Waals surface area contributed by atoms with E-state index >= 15 is 0 Å². The molecule has 2 aromatic rings. The lowest BCUT2D eigenvalue weighted by Crippen LogP contribution is -2.26. The van der Waals surface area contributed by atoms with Crippen molar-refractivity contribution in [1.29, 1.82) is 0 Å². The lowest BCUT2D eigenvalue weighted by atomic mass is 9.90. The summed E-state index contributed by atoms with van der Waals surface area (Å²) in [5, 5.41) is 34.5. The Morgan fingerprint density at radius 3 is 2.24 bits per heavy atom. The number of hydrogen-bond acceptors (Lipinski definition) is 7. The third kappa shape index (κ3) is 7.07. The monoisotopic (exact) mass is 560 g/mol. The summed E-state index contributed by atoms with van der Waals surface area (Å²) in [7, 11) is 0. The van der Waals surface area contributed by atoms with Crippen LogP contribution in [0, 0.1) is 0 Å². The number of fused-ring (bicyclic) bond motifs is 2. The highest BCUT2D eigenvalue weighted by Gasteiger charge is 2.23. The van der Waals surface area contributed by atoms with E-state index in [1.165, 1.54) is 42.5 Å². The Morgan fingerprint density at radius 2 is 1.51 bits per heavy atom. The molecule has 4 rings (SSSR count). The van der Waals surface area contributed by atoms with Gasteiger partial charge in [0.25, 0.3) is 5.91 Å². The summed E-state index contributed by atoms with van der Waals surface area (Å²) in [6.07, 6.45) is 1.70. The van der Waals surface area contributed by atoms with Crippen molar-refractivity contribution >= 4 is 34.7 Å². The molecule has 11 heteroatoms. The number of aliphatic carboxylic acids is 1. The summed E-state index contributed by atoms with van der Waals surface area (Å²) >= 11 is 0. The number of carbonyl (C=O) groups is 4. The average Bonchev–Trinajstić information content (AvgIpc) is 2.93. The summed E-state index contributed by atoms with van der Waals surface area (Å²) in [4.78, 5) is 59.1. The summed E-state index contributed by atoms with van der Waals surface area (Å²) in [5.41, 5.74) is 1.31. The molecule has 0 aromatic heterocycles. The summed E-state index contributed by atoms with van der Waals surface area (Å²) in [6.45, 7) is 0.744. The van der Waals surface area contributed by atoms with Gasteiger partial charge in [-0.25, -0.2) is 4.79 Å². The normalized spacial score (nSPS) is 10.9. The molecule has 1 aliphatic carbocycles. The zero-order valence-electron chi connectivity index (χ0n) is 21.9. The SMILES string of the molecule is O=C(O)CCC(=O)NCCCCCNC(=O)c1ccc(-c2c3ccc(=O)cc-3oc3cc(O)ccc23)c(C(=O)O)c1. The molecular formula is C30H28N2O9. The number of nitrogens with one attached hydrogen (secondary N) is 2. The van der Waals surface area contributed by atoms with E-state index in [4.69, 9.17) is 9.52 Å². The van der Waals surface area contributed by atoms with E-state index < -0.39 is 17.8 Å². The highest BCUT2D eigenvalue weighted by molar-refractivity contribution is 6.09. The highest BCUT2D eigenvalue weighted by atomic mass is 16.4. The molecule has 1 heterocycles. The number of carboxylic acid groups (broad SMARTS) is 2. The number of unbranched alkanes of at least 4 members (excludes halogenated alkanes) is 2. The summed E-state index contributed by atoms with van der Waals surface area (Å²) < 4.78 is 5.83. The number of rotatable bonds is 12. The van der Waals surface area contributed by atoms with Crippen LogP contribution in [0.25, 0.3) is 33.4 Å². The third-order valence-corrected chi connectivity index (χ3v) is 6.49. The lowest BCUT2D eigenvalue weighted by Gasteiger charge is -2.17. The van der Waals surface area contributed by atoms with Crippen molar-refractivity contribution in [3.05, 3.63) is 75.9 Å². The second-order valence-electron chi connectivity index (χ2n) is 9.44. The predicted octanol–water partition coefficient (Wildman–Crippen LogP) is 3.85. The van der Waals surface area contributed by atoms with Crippen LogP contribution >= 0.6 is 0 Å². The predicted molar refractivity (Wildman–Crippen MR) is 149 cm³/mol. The molecule has 0 spiro atoms. The number of amides is 2. The second kappa shape index (κ2) is 12.8. The zero-order valence-corrected chi connectivity index (χ0v) is 21.9. The van der Waals surface area contributed by atoms with Crippen LogP contribution in [0.5, 0.6) is 5.75 Å². The minimum absolute atomic E-state index is 0.0594. The molecule has 0 bridgehead atoms. The largest absolute Gasteiger partial charge is 0.508 e. The van der Waals surface area contributed by atoms with E-state index in [1.807, 2.05) is 0 Å². The van der Waals surface area contributed by atoms with Crippen molar-refractivity contribution in [3.8, 4) is 28.2 Å². The Kier molecular flexibility index (Phi) is 8.98. The molecule has 212 valence electrons. The molecule has 41 heavy (non-hydrogen) atoms. The van der Waals surface area contributed by atoms with Gasteiger partial charge in [-0.1, -0.05) is 6.07 Å². The van der Waals surface area contributed by atoms with E-state index in [0.717, 1.165) is 0 Å². The lowest BCUT2D eigenvalue weighted by molar-refractivity contribution is -0.138. The summed E-state index contributed by atoms with van der Waals surface area (Å²) in [5.74, 6) is -2.88. The van der Waals surface area contributed by atoms with Gasteiger partial charge in [-0.2, -0.15) is 0 Å². The minimum atomic E-state index is -1.25. The van der Waals surface area contributed by atoms with Gasteiger partial charge in [-0.3, -0.25) is 19.2 Å². The molecular weight excluding hydrogens is 532 g/mol. The zero-order chi connectivity index (χ0) is 29.5. The first-order chi connectivity index (χ1) is 19.6. The van der Waals surface area contributed by atoms with E-state index in [-0.39, 0.29) is 52.4 Å². The molecule has 2 aromatic carbocycles.